The lowest BCUT2D eigenvalue weighted by atomic mass is 9.83. The molecule has 0 aliphatic heterocycles. The van der Waals surface area contributed by atoms with Crippen LogP contribution in [0.2, 0.25) is 0 Å². The molecule has 3 heteroatoms. The Hall–Kier alpha value is -1.61. The Bertz CT molecular complexity index is 620. The van der Waals surface area contributed by atoms with Crippen molar-refractivity contribution in [3.63, 3.8) is 0 Å². The fraction of sp³-hybridized carbons (Fsp3) is 0.235. The number of halogens is 1. The lowest BCUT2D eigenvalue weighted by Gasteiger charge is -2.24. The van der Waals surface area contributed by atoms with Crippen LogP contribution in [0.25, 0.3) is 0 Å². The number of carbonyl (C=O) groups excluding carboxylic acids is 1. The second-order valence-electron chi connectivity index (χ2n) is 5.40. The van der Waals surface area contributed by atoms with Crippen LogP contribution in [0.4, 0.5) is 5.69 Å². The predicted molar refractivity (Wildman–Crippen MR) is 87.0 cm³/mol. The molecule has 2 nitrogen and oxygen atoms in total. The van der Waals surface area contributed by atoms with Crippen molar-refractivity contribution in [2.24, 2.45) is 0 Å². The average Bonchev–Trinajstić information content (AvgIpc) is 2.43. The molecule has 0 aliphatic rings. The summed E-state index contributed by atoms with van der Waals surface area (Å²) in [6, 6.07) is 15.7. The van der Waals surface area contributed by atoms with Crippen molar-refractivity contribution >= 4 is 27.5 Å². The normalized spacial score (nSPS) is 11.2. The van der Waals surface area contributed by atoms with Crippen molar-refractivity contribution in [3.8, 4) is 0 Å². The molecule has 0 unspecified atom stereocenters. The van der Waals surface area contributed by atoms with Gasteiger partial charge in [0.15, 0.2) is 0 Å². The van der Waals surface area contributed by atoms with E-state index in [1.54, 1.807) is 0 Å². The standard InChI is InChI=1S/C17H18BrNO/c1-12-9-10-14(18)11-15(12)19-16(20)17(2,3)13-7-5-4-6-8-13/h4-11H,1-3H3,(H,19,20). The number of hydrogen-bond donors (Lipinski definition) is 1. The van der Waals surface area contributed by atoms with E-state index in [1.807, 2.05) is 69.3 Å². The van der Waals surface area contributed by atoms with E-state index >= 15 is 0 Å². The molecule has 2 aromatic carbocycles. The van der Waals surface area contributed by atoms with Crippen molar-refractivity contribution < 1.29 is 4.79 Å². The molecule has 0 radical (unpaired) electrons. The van der Waals surface area contributed by atoms with E-state index in [2.05, 4.69) is 21.2 Å². The number of aryl methyl sites for hydroxylation is 1. The molecule has 1 N–H and O–H groups in total. The van der Waals surface area contributed by atoms with Gasteiger partial charge in [0.1, 0.15) is 0 Å². The number of carbonyl (C=O) groups is 1. The smallest absolute Gasteiger partial charge is 0.234 e. The molecule has 1 amide bonds. The maximum absolute atomic E-state index is 12.6. The van der Waals surface area contributed by atoms with Crippen LogP contribution >= 0.6 is 15.9 Å². The van der Waals surface area contributed by atoms with Crippen molar-refractivity contribution in [1.29, 1.82) is 0 Å². The third kappa shape index (κ3) is 3.10. The van der Waals surface area contributed by atoms with Gasteiger partial charge < -0.3 is 5.32 Å². The van der Waals surface area contributed by atoms with Crippen LogP contribution in [0.15, 0.2) is 53.0 Å². The summed E-state index contributed by atoms with van der Waals surface area (Å²) in [5, 5.41) is 3.02. The van der Waals surface area contributed by atoms with E-state index in [1.165, 1.54) is 0 Å². The largest absolute Gasteiger partial charge is 0.325 e. The van der Waals surface area contributed by atoms with Crippen LogP contribution in [0.3, 0.4) is 0 Å². The molecule has 20 heavy (non-hydrogen) atoms. The Labute approximate surface area is 128 Å². The van der Waals surface area contributed by atoms with E-state index in [0.717, 1.165) is 21.3 Å². The molecule has 2 rings (SSSR count). The number of anilines is 1. The van der Waals surface area contributed by atoms with Gasteiger partial charge in [-0.1, -0.05) is 52.3 Å². The van der Waals surface area contributed by atoms with E-state index in [9.17, 15) is 4.79 Å². The molecular formula is C17H18BrNO. The Kier molecular flexibility index (Phi) is 4.29. The average molecular weight is 332 g/mol. The molecule has 0 aliphatic carbocycles. The quantitative estimate of drug-likeness (QED) is 0.869. The van der Waals surface area contributed by atoms with Crippen LogP contribution < -0.4 is 5.32 Å². The minimum Gasteiger partial charge on any atom is -0.325 e. The number of benzene rings is 2. The third-order valence-electron chi connectivity index (χ3n) is 3.51. The van der Waals surface area contributed by atoms with Gasteiger partial charge in [0.2, 0.25) is 5.91 Å². The monoisotopic (exact) mass is 331 g/mol. The maximum Gasteiger partial charge on any atom is 0.234 e. The van der Waals surface area contributed by atoms with Crippen molar-refractivity contribution in [3.05, 3.63) is 64.1 Å². The van der Waals surface area contributed by atoms with Crippen LogP contribution in [0, 0.1) is 6.92 Å². The van der Waals surface area contributed by atoms with Crippen LogP contribution in [0.5, 0.6) is 0 Å². The zero-order valence-corrected chi connectivity index (χ0v) is 13.5. The topological polar surface area (TPSA) is 29.1 Å². The summed E-state index contributed by atoms with van der Waals surface area (Å²) in [6.07, 6.45) is 0. The van der Waals surface area contributed by atoms with Crippen molar-refractivity contribution in [2.75, 3.05) is 5.32 Å². The summed E-state index contributed by atoms with van der Waals surface area (Å²) in [6.45, 7) is 5.85. The highest BCUT2D eigenvalue weighted by Crippen LogP contribution is 2.27. The molecule has 2 aromatic rings. The number of rotatable bonds is 3. The number of amides is 1. The lowest BCUT2D eigenvalue weighted by Crippen LogP contribution is -2.34. The minimum atomic E-state index is -0.573. The molecule has 0 spiro atoms. The van der Waals surface area contributed by atoms with Gasteiger partial charge in [-0.2, -0.15) is 0 Å². The highest BCUT2D eigenvalue weighted by molar-refractivity contribution is 9.10. The fourth-order valence-electron chi connectivity index (χ4n) is 1.99. The van der Waals surface area contributed by atoms with E-state index < -0.39 is 5.41 Å². The van der Waals surface area contributed by atoms with Crippen molar-refractivity contribution in [1.82, 2.24) is 0 Å². The Morgan fingerprint density at radius 1 is 1.10 bits per heavy atom. The first-order valence-corrected chi connectivity index (χ1v) is 7.33. The Balaban J connectivity index is 2.26. The Morgan fingerprint density at radius 3 is 2.40 bits per heavy atom. The predicted octanol–water partition coefficient (Wildman–Crippen LogP) is 4.67. The van der Waals surface area contributed by atoms with Gasteiger partial charge in [-0.05, 0) is 44.0 Å². The first-order valence-electron chi connectivity index (χ1n) is 6.54. The SMILES string of the molecule is Cc1ccc(Br)cc1NC(=O)C(C)(C)c1ccccc1. The van der Waals surface area contributed by atoms with E-state index in [4.69, 9.17) is 0 Å². The van der Waals surface area contributed by atoms with Gasteiger partial charge in [-0.15, -0.1) is 0 Å². The molecule has 0 atom stereocenters. The third-order valence-corrected chi connectivity index (χ3v) is 4.00. The van der Waals surface area contributed by atoms with Crippen molar-refractivity contribution in [2.45, 2.75) is 26.2 Å². The summed E-state index contributed by atoms with van der Waals surface area (Å²) < 4.78 is 0.955. The second-order valence-corrected chi connectivity index (χ2v) is 6.32. The van der Waals surface area contributed by atoms with Gasteiger partial charge in [0.25, 0.3) is 0 Å². The summed E-state index contributed by atoms with van der Waals surface area (Å²) in [7, 11) is 0. The first-order chi connectivity index (χ1) is 9.41. The first kappa shape index (κ1) is 14.8. The molecule has 0 heterocycles. The molecule has 0 fully saturated rings. The molecule has 104 valence electrons. The molecule has 0 saturated heterocycles. The fourth-order valence-corrected chi connectivity index (χ4v) is 2.35. The van der Waals surface area contributed by atoms with Gasteiger partial charge in [0.05, 0.1) is 5.41 Å². The molecule has 0 bridgehead atoms. The molecule has 0 aromatic heterocycles. The zero-order chi connectivity index (χ0) is 14.8. The van der Waals surface area contributed by atoms with Gasteiger partial charge in [0, 0.05) is 10.2 Å². The lowest BCUT2D eigenvalue weighted by molar-refractivity contribution is -0.120. The number of nitrogens with one attached hydrogen (secondary N) is 1. The van der Waals surface area contributed by atoms with E-state index in [0.29, 0.717) is 0 Å². The zero-order valence-electron chi connectivity index (χ0n) is 11.9. The highest BCUT2D eigenvalue weighted by Gasteiger charge is 2.29. The van der Waals surface area contributed by atoms with Crippen LogP contribution in [0.1, 0.15) is 25.0 Å². The molecular weight excluding hydrogens is 314 g/mol. The van der Waals surface area contributed by atoms with Gasteiger partial charge in [-0.25, -0.2) is 0 Å². The van der Waals surface area contributed by atoms with Gasteiger partial charge in [-0.3, -0.25) is 4.79 Å². The maximum atomic E-state index is 12.6. The molecule has 0 saturated carbocycles. The summed E-state index contributed by atoms with van der Waals surface area (Å²) in [5.41, 5.74) is 2.32. The Morgan fingerprint density at radius 2 is 1.75 bits per heavy atom. The van der Waals surface area contributed by atoms with Gasteiger partial charge >= 0.3 is 0 Å². The highest BCUT2D eigenvalue weighted by atomic mass is 79.9. The minimum absolute atomic E-state index is 0.00935. The van der Waals surface area contributed by atoms with E-state index in [-0.39, 0.29) is 5.91 Å². The number of hydrogen-bond acceptors (Lipinski definition) is 1. The van der Waals surface area contributed by atoms with Crippen LogP contribution in [-0.2, 0) is 10.2 Å². The summed E-state index contributed by atoms with van der Waals surface area (Å²) in [4.78, 5) is 12.6. The second kappa shape index (κ2) is 5.80. The van der Waals surface area contributed by atoms with Crippen LogP contribution in [-0.4, -0.2) is 5.91 Å². The summed E-state index contributed by atoms with van der Waals surface area (Å²) in [5.74, 6) is -0.00935. The summed E-state index contributed by atoms with van der Waals surface area (Å²) >= 11 is 3.43.